The third-order valence-corrected chi connectivity index (χ3v) is 4.16. The molecular formula is C17H19ClN4O. The highest BCUT2D eigenvalue weighted by molar-refractivity contribution is 6.30. The van der Waals surface area contributed by atoms with Crippen LogP contribution in [0.3, 0.4) is 0 Å². The highest BCUT2D eigenvalue weighted by Crippen LogP contribution is 2.21. The zero-order chi connectivity index (χ0) is 16.2. The molecule has 23 heavy (non-hydrogen) atoms. The van der Waals surface area contributed by atoms with Crippen molar-refractivity contribution in [2.75, 3.05) is 31.1 Å². The standard InChI is InChI=1S/C17H19ClN4O/c1-13(18)17(23)22-9-7-21(8-10-22)16-11-15(19-12-20-16)14-5-3-2-4-6-14/h2-6,11-13H,7-10H2,1H3. The number of carbonyl (C=O) groups is 1. The highest BCUT2D eigenvalue weighted by atomic mass is 35.5. The average Bonchev–Trinajstić information content (AvgIpc) is 2.62. The number of hydrogen-bond acceptors (Lipinski definition) is 4. The second-order valence-electron chi connectivity index (χ2n) is 5.56. The van der Waals surface area contributed by atoms with Gasteiger partial charge in [-0.25, -0.2) is 9.97 Å². The molecule has 0 radical (unpaired) electrons. The van der Waals surface area contributed by atoms with Gasteiger partial charge in [0.25, 0.3) is 0 Å². The van der Waals surface area contributed by atoms with Crippen LogP contribution in [0, 0.1) is 0 Å². The number of benzene rings is 1. The lowest BCUT2D eigenvalue weighted by Crippen LogP contribution is -2.50. The van der Waals surface area contributed by atoms with Gasteiger partial charge in [-0.2, -0.15) is 0 Å². The van der Waals surface area contributed by atoms with Crippen molar-refractivity contribution in [3.05, 3.63) is 42.7 Å². The number of rotatable bonds is 3. The number of carbonyl (C=O) groups excluding carboxylic acids is 1. The van der Waals surface area contributed by atoms with E-state index in [0.29, 0.717) is 13.1 Å². The number of anilines is 1. The molecule has 1 aromatic carbocycles. The third kappa shape index (κ3) is 3.62. The molecule has 6 heteroatoms. The lowest BCUT2D eigenvalue weighted by molar-refractivity contribution is -0.130. The summed E-state index contributed by atoms with van der Waals surface area (Å²) in [7, 11) is 0. The van der Waals surface area contributed by atoms with Gasteiger partial charge in [-0.15, -0.1) is 11.6 Å². The monoisotopic (exact) mass is 330 g/mol. The molecule has 120 valence electrons. The van der Waals surface area contributed by atoms with E-state index in [1.807, 2.05) is 41.3 Å². The van der Waals surface area contributed by atoms with E-state index in [1.54, 1.807) is 13.3 Å². The third-order valence-electron chi connectivity index (χ3n) is 3.98. The minimum Gasteiger partial charge on any atom is -0.353 e. The van der Waals surface area contributed by atoms with Crippen LogP contribution in [-0.4, -0.2) is 52.3 Å². The van der Waals surface area contributed by atoms with E-state index >= 15 is 0 Å². The summed E-state index contributed by atoms with van der Waals surface area (Å²) in [5.74, 6) is 0.892. The van der Waals surface area contributed by atoms with Crippen molar-refractivity contribution in [2.24, 2.45) is 0 Å². The van der Waals surface area contributed by atoms with Crippen molar-refractivity contribution in [1.29, 1.82) is 0 Å². The van der Waals surface area contributed by atoms with Crippen molar-refractivity contribution in [3.63, 3.8) is 0 Å². The summed E-state index contributed by atoms with van der Waals surface area (Å²) in [6.07, 6.45) is 1.59. The Labute approximate surface area is 140 Å². The average molecular weight is 331 g/mol. The number of hydrogen-bond donors (Lipinski definition) is 0. The molecule has 1 fully saturated rings. The molecule has 1 aromatic heterocycles. The first kappa shape index (κ1) is 15.7. The Morgan fingerprint density at radius 1 is 1.13 bits per heavy atom. The van der Waals surface area contributed by atoms with Gasteiger partial charge in [-0.05, 0) is 6.92 Å². The van der Waals surface area contributed by atoms with Crippen LogP contribution >= 0.6 is 11.6 Å². The summed E-state index contributed by atoms with van der Waals surface area (Å²) in [6, 6.07) is 12.0. The van der Waals surface area contributed by atoms with E-state index in [1.165, 1.54) is 0 Å². The number of piperazine rings is 1. The van der Waals surface area contributed by atoms with Gasteiger partial charge >= 0.3 is 0 Å². The summed E-state index contributed by atoms with van der Waals surface area (Å²) >= 11 is 5.88. The lowest BCUT2D eigenvalue weighted by atomic mass is 10.1. The summed E-state index contributed by atoms with van der Waals surface area (Å²) in [4.78, 5) is 24.7. The van der Waals surface area contributed by atoms with Crippen molar-refractivity contribution in [2.45, 2.75) is 12.3 Å². The van der Waals surface area contributed by atoms with Crippen LogP contribution in [0.1, 0.15) is 6.92 Å². The van der Waals surface area contributed by atoms with Crippen molar-refractivity contribution in [3.8, 4) is 11.3 Å². The molecule has 1 atom stereocenters. The fourth-order valence-corrected chi connectivity index (χ4v) is 2.83. The van der Waals surface area contributed by atoms with Gasteiger partial charge < -0.3 is 9.80 Å². The molecule has 1 saturated heterocycles. The van der Waals surface area contributed by atoms with Gasteiger partial charge in [0.15, 0.2) is 0 Å². The number of halogens is 1. The number of aromatic nitrogens is 2. The first-order valence-electron chi connectivity index (χ1n) is 7.70. The molecule has 0 saturated carbocycles. The molecule has 0 spiro atoms. The van der Waals surface area contributed by atoms with Gasteiger partial charge in [0.05, 0.1) is 5.69 Å². The maximum absolute atomic E-state index is 11.9. The van der Waals surface area contributed by atoms with Crippen LogP contribution in [-0.2, 0) is 4.79 Å². The zero-order valence-corrected chi connectivity index (χ0v) is 13.8. The van der Waals surface area contributed by atoms with Gasteiger partial charge in [-0.1, -0.05) is 30.3 Å². The van der Waals surface area contributed by atoms with E-state index in [9.17, 15) is 4.79 Å². The maximum atomic E-state index is 11.9. The molecule has 1 aliphatic heterocycles. The fourth-order valence-electron chi connectivity index (χ4n) is 2.69. The Balaban J connectivity index is 1.71. The first-order chi connectivity index (χ1) is 11.1. The normalized spacial score (nSPS) is 16.3. The van der Waals surface area contributed by atoms with Crippen LogP contribution in [0.4, 0.5) is 5.82 Å². The minimum absolute atomic E-state index is 0.000946. The Hall–Kier alpha value is -2.14. The second kappa shape index (κ2) is 6.96. The maximum Gasteiger partial charge on any atom is 0.240 e. The summed E-state index contributed by atoms with van der Waals surface area (Å²) in [5, 5.41) is -0.467. The van der Waals surface area contributed by atoms with E-state index < -0.39 is 5.38 Å². The fraction of sp³-hybridized carbons (Fsp3) is 0.353. The molecule has 1 aliphatic rings. The van der Waals surface area contributed by atoms with E-state index in [4.69, 9.17) is 11.6 Å². The Morgan fingerprint density at radius 2 is 1.83 bits per heavy atom. The van der Waals surface area contributed by atoms with Gasteiger partial charge in [-0.3, -0.25) is 4.79 Å². The molecule has 1 unspecified atom stereocenters. The van der Waals surface area contributed by atoms with Crippen molar-refractivity contribution >= 4 is 23.3 Å². The molecule has 5 nitrogen and oxygen atoms in total. The first-order valence-corrected chi connectivity index (χ1v) is 8.14. The van der Waals surface area contributed by atoms with Crippen molar-refractivity contribution in [1.82, 2.24) is 14.9 Å². The van der Waals surface area contributed by atoms with Crippen LogP contribution in [0.25, 0.3) is 11.3 Å². The number of alkyl halides is 1. The Bertz CT molecular complexity index is 669. The highest BCUT2D eigenvalue weighted by Gasteiger charge is 2.24. The van der Waals surface area contributed by atoms with E-state index in [0.717, 1.165) is 30.2 Å². The predicted molar refractivity (Wildman–Crippen MR) is 91.6 cm³/mol. The second-order valence-corrected chi connectivity index (χ2v) is 6.21. The predicted octanol–water partition coefficient (Wildman–Crippen LogP) is 2.42. The van der Waals surface area contributed by atoms with Crippen LogP contribution in [0.15, 0.2) is 42.7 Å². The quantitative estimate of drug-likeness (QED) is 0.811. The van der Waals surface area contributed by atoms with E-state index in [-0.39, 0.29) is 5.91 Å². The molecule has 2 aromatic rings. The van der Waals surface area contributed by atoms with Crippen LogP contribution in [0.2, 0.25) is 0 Å². The van der Waals surface area contributed by atoms with Crippen molar-refractivity contribution < 1.29 is 4.79 Å². The van der Waals surface area contributed by atoms with Gasteiger partial charge in [0.1, 0.15) is 17.5 Å². The summed E-state index contributed by atoms with van der Waals surface area (Å²) in [6.45, 7) is 4.55. The molecular weight excluding hydrogens is 312 g/mol. The molecule has 2 heterocycles. The van der Waals surface area contributed by atoms with Gasteiger partial charge in [0, 0.05) is 37.8 Å². The molecule has 0 aliphatic carbocycles. The van der Waals surface area contributed by atoms with E-state index in [2.05, 4.69) is 14.9 Å². The Morgan fingerprint density at radius 3 is 2.48 bits per heavy atom. The smallest absolute Gasteiger partial charge is 0.240 e. The molecule has 3 rings (SSSR count). The molecule has 0 N–H and O–H groups in total. The largest absolute Gasteiger partial charge is 0.353 e. The molecule has 1 amide bonds. The van der Waals surface area contributed by atoms with Crippen LogP contribution < -0.4 is 4.90 Å². The summed E-state index contributed by atoms with van der Waals surface area (Å²) < 4.78 is 0. The SMILES string of the molecule is CC(Cl)C(=O)N1CCN(c2cc(-c3ccccc3)ncn2)CC1. The lowest BCUT2D eigenvalue weighted by Gasteiger charge is -2.35. The Kier molecular flexibility index (Phi) is 4.76. The topological polar surface area (TPSA) is 49.3 Å². The zero-order valence-electron chi connectivity index (χ0n) is 13.0. The molecule has 0 bridgehead atoms. The number of amides is 1. The van der Waals surface area contributed by atoms with Gasteiger partial charge in [0.2, 0.25) is 5.91 Å². The summed E-state index contributed by atoms with van der Waals surface area (Å²) in [5.41, 5.74) is 1.98. The van der Waals surface area contributed by atoms with Crippen LogP contribution in [0.5, 0.6) is 0 Å². The minimum atomic E-state index is -0.467. The number of nitrogens with zero attached hydrogens (tertiary/aromatic N) is 4.